The molecular weight excluding hydrogens is 316 g/mol. The molecule has 1 aliphatic heterocycles. The van der Waals surface area contributed by atoms with Crippen LogP contribution in [0.5, 0.6) is 0 Å². The highest BCUT2D eigenvalue weighted by molar-refractivity contribution is 5.74. The van der Waals surface area contributed by atoms with E-state index in [1.807, 2.05) is 32.0 Å². The molecular formula is C20H30N2O3. The summed E-state index contributed by atoms with van der Waals surface area (Å²) in [5, 5.41) is 6.12. The van der Waals surface area contributed by atoms with Gasteiger partial charge >= 0.3 is 6.03 Å². The SMILES string of the molecule is CC(C)OCc1cccc(CNC(=O)N[C@@H]2[C@H]3CCO[C@H]3C2(C)C)c1. The molecule has 0 radical (unpaired) electrons. The third kappa shape index (κ3) is 3.98. The van der Waals surface area contributed by atoms with Gasteiger partial charge in [0.2, 0.25) is 0 Å². The fourth-order valence-corrected chi connectivity index (χ4v) is 4.08. The number of fused-ring (bicyclic) bond motifs is 1. The molecule has 0 bridgehead atoms. The maximum atomic E-state index is 12.3. The quantitative estimate of drug-likeness (QED) is 0.831. The van der Waals surface area contributed by atoms with Gasteiger partial charge in [-0.25, -0.2) is 4.79 Å². The first-order valence-electron chi connectivity index (χ1n) is 9.23. The average molecular weight is 346 g/mol. The number of benzene rings is 1. The van der Waals surface area contributed by atoms with E-state index in [-0.39, 0.29) is 29.7 Å². The van der Waals surface area contributed by atoms with Crippen molar-refractivity contribution in [1.29, 1.82) is 0 Å². The molecule has 1 heterocycles. The Kier molecular flexibility index (Phi) is 5.35. The van der Waals surface area contributed by atoms with Gasteiger partial charge < -0.3 is 20.1 Å². The number of nitrogens with one attached hydrogen (secondary N) is 2. The molecule has 138 valence electrons. The van der Waals surface area contributed by atoms with E-state index in [2.05, 4.69) is 30.5 Å². The van der Waals surface area contributed by atoms with E-state index in [1.165, 1.54) is 0 Å². The highest BCUT2D eigenvalue weighted by Crippen LogP contribution is 2.52. The summed E-state index contributed by atoms with van der Waals surface area (Å²) in [6, 6.07) is 8.23. The zero-order valence-corrected chi connectivity index (χ0v) is 15.7. The maximum Gasteiger partial charge on any atom is 0.315 e. The van der Waals surface area contributed by atoms with Crippen molar-refractivity contribution in [2.24, 2.45) is 11.3 Å². The molecule has 1 saturated carbocycles. The third-order valence-electron chi connectivity index (χ3n) is 5.41. The molecule has 1 aliphatic carbocycles. The Hall–Kier alpha value is -1.59. The van der Waals surface area contributed by atoms with Gasteiger partial charge in [-0.3, -0.25) is 0 Å². The van der Waals surface area contributed by atoms with Crippen LogP contribution in [0.25, 0.3) is 0 Å². The topological polar surface area (TPSA) is 59.6 Å². The Morgan fingerprint density at radius 3 is 2.88 bits per heavy atom. The van der Waals surface area contributed by atoms with E-state index in [9.17, 15) is 4.79 Å². The van der Waals surface area contributed by atoms with Crippen LogP contribution in [-0.2, 0) is 22.6 Å². The Morgan fingerprint density at radius 1 is 1.36 bits per heavy atom. The molecule has 5 nitrogen and oxygen atoms in total. The normalized spacial score (nSPS) is 26.8. The summed E-state index contributed by atoms with van der Waals surface area (Å²) in [7, 11) is 0. The smallest absolute Gasteiger partial charge is 0.315 e. The molecule has 2 aliphatic rings. The summed E-state index contributed by atoms with van der Waals surface area (Å²) in [5.41, 5.74) is 2.21. The highest BCUT2D eigenvalue weighted by atomic mass is 16.5. The van der Waals surface area contributed by atoms with Crippen LogP contribution in [0.4, 0.5) is 4.79 Å². The van der Waals surface area contributed by atoms with E-state index in [1.54, 1.807) is 0 Å². The summed E-state index contributed by atoms with van der Waals surface area (Å²) in [6.07, 6.45) is 1.54. The summed E-state index contributed by atoms with van der Waals surface area (Å²) < 4.78 is 11.4. The zero-order valence-electron chi connectivity index (χ0n) is 15.7. The molecule has 1 aromatic rings. The molecule has 5 heteroatoms. The van der Waals surface area contributed by atoms with Gasteiger partial charge in [-0.05, 0) is 31.4 Å². The minimum atomic E-state index is -0.104. The molecule has 1 saturated heterocycles. The molecule has 2 amide bonds. The van der Waals surface area contributed by atoms with Gasteiger partial charge in [0.1, 0.15) is 0 Å². The second-order valence-electron chi connectivity index (χ2n) is 8.05. The number of carbonyl (C=O) groups excluding carboxylic acids is 1. The molecule has 2 fully saturated rings. The van der Waals surface area contributed by atoms with Crippen LogP contribution in [-0.4, -0.2) is 30.9 Å². The van der Waals surface area contributed by atoms with Crippen LogP contribution in [0.1, 0.15) is 45.2 Å². The van der Waals surface area contributed by atoms with Gasteiger partial charge in [-0.1, -0.05) is 38.1 Å². The Morgan fingerprint density at radius 2 is 2.12 bits per heavy atom. The fourth-order valence-electron chi connectivity index (χ4n) is 4.08. The molecule has 0 spiro atoms. The Balaban J connectivity index is 1.49. The van der Waals surface area contributed by atoms with Crippen LogP contribution in [0.2, 0.25) is 0 Å². The molecule has 25 heavy (non-hydrogen) atoms. The fraction of sp³-hybridized carbons (Fsp3) is 0.650. The van der Waals surface area contributed by atoms with Gasteiger partial charge in [0.15, 0.2) is 0 Å². The number of hydrogen-bond donors (Lipinski definition) is 2. The van der Waals surface area contributed by atoms with E-state index in [0.29, 0.717) is 19.1 Å². The van der Waals surface area contributed by atoms with Crippen molar-refractivity contribution in [2.75, 3.05) is 6.61 Å². The lowest BCUT2D eigenvalue weighted by Crippen LogP contribution is -2.67. The second kappa shape index (κ2) is 7.34. The van der Waals surface area contributed by atoms with Gasteiger partial charge in [0.25, 0.3) is 0 Å². The van der Waals surface area contributed by atoms with Crippen molar-refractivity contribution in [3.8, 4) is 0 Å². The standard InChI is InChI=1S/C20H30N2O3/c1-13(2)25-12-15-7-5-6-14(10-15)11-21-19(23)22-17-16-8-9-24-18(16)20(17,3)4/h5-7,10,13,16-18H,8-9,11-12H2,1-4H3,(H2,21,22,23)/t16-,17-,18-/m1/s1. The summed E-state index contributed by atoms with van der Waals surface area (Å²) in [4.78, 5) is 12.3. The van der Waals surface area contributed by atoms with Crippen LogP contribution in [0.3, 0.4) is 0 Å². The van der Waals surface area contributed by atoms with Crippen LogP contribution < -0.4 is 10.6 Å². The van der Waals surface area contributed by atoms with Gasteiger partial charge in [-0.15, -0.1) is 0 Å². The molecule has 0 aromatic heterocycles. The average Bonchev–Trinajstić information content (AvgIpc) is 3.03. The first-order chi connectivity index (χ1) is 11.9. The minimum Gasteiger partial charge on any atom is -0.377 e. The van der Waals surface area contributed by atoms with E-state index in [4.69, 9.17) is 9.47 Å². The van der Waals surface area contributed by atoms with Crippen LogP contribution in [0, 0.1) is 11.3 Å². The minimum absolute atomic E-state index is 0.00656. The number of urea groups is 1. The van der Waals surface area contributed by atoms with Crippen LogP contribution >= 0.6 is 0 Å². The lowest BCUT2D eigenvalue weighted by molar-refractivity contribution is -0.108. The summed E-state index contributed by atoms with van der Waals surface area (Å²) >= 11 is 0. The van der Waals surface area contributed by atoms with Gasteiger partial charge in [-0.2, -0.15) is 0 Å². The van der Waals surface area contributed by atoms with Gasteiger partial charge in [0, 0.05) is 30.5 Å². The third-order valence-corrected chi connectivity index (χ3v) is 5.41. The molecule has 0 unspecified atom stereocenters. The lowest BCUT2D eigenvalue weighted by atomic mass is 9.57. The molecule has 1 aromatic carbocycles. The lowest BCUT2D eigenvalue weighted by Gasteiger charge is -2.54. The molecule has 3 atom stereocenters. The first-order valence-corrected chi connectivity index (χ1v) is 9.23. The van der Waals surface area contributed by atoms with Crippen molar-refractivity contribution in [3.63, 3.8) is 0 Å². The van der Waals surface area contributed by atoms with Crippen molar-refractivity contribution in [2.45, 2.75) is 65.5 Å². The van der Waals surface area contributed by atoms with Gasteiger partial charge in [0.05, 0.1) is 18.8 Å². The van der Waals surface area contributed by atoms with Crippen LogP contribution in [0.15, 0.2) is 24.3 Å². The Bertz CT molecular complexity index is 615. The van der Waals surface area contributed by atoms with E-state index >= 15 is 0 Å². The first kappa shape index (κ1) is 18.2. The maximum absolute atomic E-state index is 12.3. The highest BCUT2D eigenvalue weighted by Gasteiger charge is 2.59. The van der Waals surface area contributed by atoms with Crippen molar-refractivity contribution >= 4 is 6.03 Å². The number of rotatable bonds is 6. The number of ether oxygens (including phenoxy) is 2. The number of hydrogen-bond acceptors (Lipinski definition) is 3. The summed E-state index contributed by atoms with van der Waals surface area (Å²) in [5.74, 6) is 0.456. The number of carbonyl (C=O) groups is 1. The monoisotopic (exact) mass is 346 g/mol. The molecule has 3 rings (SSSR count). The van der Waals surface area contributed by atoms with E-state index in [0.717, 1.165) is 24.2 Å². The van der Waals surface area contributed by atoms with Crippen molar-refractivity contribution in [1.82, 2.24) is 10.6 Å². The predicted molar refractivity (Wildman–Crippen MR) is 97.2 cm³/mol. The largest absolute Gasteiger partial charge is 0.377 e. The zero-order chi connectivity index (χ0) is 18.0. The van der Waals surface area contributed by atoms with Crippen molar-refractivity contribution in [3.05, 3.63) is 35.4 Å². The predicted octanol–water partition coefficient (Wildman–Crippen LogP) is 3.22. The van der Waals surface area contributed by atoms with Crippen molar-refractivity contribution < 1.29 is 14.3 Å². The van der Waals surface area contributed by atoms with E-state index < -0.39 is 0 Å². The Labute approximate surface area is 150 Å². The number of amides is 2. The molecule has 2 N–H and O–H groups in total. The second-order valence-corrected chi connectivity index (χ2v) is 8.05. The summed E-state index contributed by atoms with van der Waals surface area (Å²) in [6.45, 7) is 10.3.